The summed E-state index contributed by atoms with van der Waals surface area (Å²) in [5, 5.41) is 11.5. The molecule has 3 rings (SSSR count). The average molecular weight is 351 g/mol. The number of rotatable bonds is 7. The van der Waals surface area contributed by atoms with E-state index in [1.807, 2.05) is 31.7 Å². The largest absolute Gasteiger partial charge is 0.342 e. The molecule has 2 aromatic heterocycles. The Bertz CT molecular complexity index is 660. The van der Waals surface area contributed by atoms with Crippen LogP contribution < -0.4 is 0 Å². The number of thiophene rings is 1. The first-order chi connectivity index (χ1) is 11.2. The number of thioether (sulfide) groups is 1. The molecule has 0 aromatic carbocycles. The minimum Gasteiger partial charge on any atom is -0.342 e. The Morgan fingerprint density at radius 2 is 2.17 bits per heavy atom. The smallest absolute Gasteiger partial charge is 0.235 e. The molecule has 2 aromatic rings. The molecule has 1 aliphatic rings. The fourth-order valence-corrected chi connectivity index (χ4v) is 4.30. The summed E-state index contributed by atoms with van der Waals surface area (Å²) in [6.07, 6.45) is 2.34. The van der Waals surface area contributed by atoms with Crippen LogP contribution in [0.25, 0.3) is 10.7 Å². The summed E-state index contributed by atoms with van der Waals surface area (Å²) < 4.78 is 2.22. The van der Waals surface area contributed by atoms with Gasteiger partial charge >= 0.3 is 0 Å². The normalized spacial score (nSPS) is 15.6. The summed E-state index contributed by atoms with van der Waals surface area (Å²) in [5.74, 6) is 1.11. The second-order valence-corrected chi connectivity index (χ2v) is 7.91. The molecule has 0 bridgehead atoms. The quantitative estimate of drug-likeness (QED) is 0.715. The summed E-state index contributed by atoms with van der Waals surface area (Å²) in [7, 11) is 0. The SMILES string of the molecule is CCN(CC)C(=O)C(C)Sc1nnc(-c2cccs2)n1C1CC1. The maximum Gasteiger partial charge on any atom is 0.235 e. The highest BCUT2D eigenvalue weighted by Crippen LogP contribution is 2.42. The molecule has 1 amide bonds. The van der Waals surface area contributed by atoms with Crippen molar-refractivity contribution in [1.29, 1.82) is 0 Å². The van der Waals surface area contributed by atoms with Crippen molar-refractivity contribution in [3.8, 4) is 10.7 Å². The van der Waals surface area contributed by atoms with Crippen molar-refractivity contribution in [2.45, 2.75) is 50.1 Å². The number of carbonyl (C=O) groups excluding carboxylic acids is 1. The van der Waals surface area contributed by atoms with Crippen molar-refractivity contribution in [1.82, 2.24) is 19.7 Å². The van der Waals surface area contributed by atoms with E-state index in [-0.39, 0.29) is 11.2 Å². The summed E-state index contributed by atoms with van der Waals surface area (Å²) in [5.41, 5.74) is 0. The van der Waals surface area contributed by atoms with Crippen LogP contribution in [0.1, 0.15) is 39.7 Å². The third-order valence-corrected chi connectivity index (χ3v) is 5.93. The molecule has 0 spiro atoms. The van der Waals surface area contributed by atoms with Crippen molar-refractivity contribution in [3.63, 3.8) is 0 Å². The molecule has 1 fully saturated rings. The van der Waals surface area contributed by atoms with Crippen LogP contribution in [0.4, 0.5) is 0 Å². The highest BCUT2D eigenvalue weighted by molar-refractivity contribution is 8.00. The topological polar surface area (TPSA) is 51.0 Å². The molecule has 7 heteroatoms. The zero-order chi connectivity index (χ0) is 16.4. The predicted molar refractivity (Wildman–Crippen MR) is 94.9 cm³/mol. The van der Waals surface area contributed by atoms with Crippen LogP contribution in [0.5, 0.6) is 0 Å². The van der Waals surface area contributed by atoms with Crippen LogP contribution in [0.3, 0.4) is 0 Å². The second kappa shape index (κ2) is 7.05. The Morgan fingerprint density at radius 3 is 2.74 bits per heavy atom. The maximum absolute atomic E-state index is 12.5. The van der Waals surface area contributed by atoms with Gasteiger partial charge in [-0.25, -0.2) is 0 Å². The van der Waals surface area contributed by atoms with E-state index in [1.165, 1.54) is 24.6 Å². The summed E-state index contributed by atoms with van der Waals surface area (Å²) >= 11 is 3.20. The summed E-state index contributed by atoms with van der Waals surface area (Å²) in [4.78, 5) is 15.5. The van der Waals surface area contributed by atoms with Gasteiger partial charge < -0.3 is 4.90 Å². The average Bonchev–Trinajstić information content (AvgIpc) is 3.08. The zero-order valence-electron chi connectivity index (χ0n) is 13.7. The van der Waals surface area contributed by atoms with Gasteiger partial charge in [-0.05, 0) is 45.1 Å². The van der Waals surface area contributed by atoms with Crippen LogP contribution in [0.15, 0.2) is 22.7 Å². The lowest BCUT2D eigenvalue weighted by Crippen LogP contribution is -2.36. The Kier molecular flexibility index (Phi) is 5.06. The fourth-order valence-electron chi connectivity index (χ4n) is 2.59. The summed E-state index contributed by atoms with van der Waals surface area (Å²) in [6, 6.07) is 4.60. The van der Waals surface area contributed by atoms with Gasteiger partial charge in [0.25, 0.3) is 0 Å². The van der Waals surface area contributed by atoms with E-state index in [2.05, 4.69) is 26.2 Å². The molecule has 5 nitrogen and oxygen atoms in total. The van der Waals surface area contributed by atoms with E-state index in [1.54, 1.807) is 11.3 Å². The monoisotopic (exact) mass is 350 g/mol. The molecular formula is C16H22N4OS2. The first-order valence-electron chi connectivity index (χ1n) is 8.09. The van der Waals surface area contributed by atoms with E-state index in [0.29, 0.717) is 6.04 Å². The Labute approximate surface area is 145 Å². The van der Waals surface area contributed by atoms with Crippen LogP contribution in [-0.4, -0.2) is 43.9 Å². The lowest BCUT2D eigenvalue weighted by molar-refractivity contribution is -0.129. The van der Waals surface area contributed by atoms with Crippen LogP contribution >= 0.6 is 23.1 Å². The lowest BCUT2D eigenvalue weighted by Gasteiger charge is -2.22. The fraction of sp³-hybridized carbons (Fsp3) is 0.562. The number of hydrogen-bond donors (Lipinski definition) is 0. The van der Waals surface area contributed by atoms with E-state index < -0.39 is 0 Å². The Hall–Kier alpha value is -1.34. The molecule has 124 valence electrons. The number of carbonyl (C=O) groups is 1. The van der Waals surface area contributed by atoms with Gasteiger partial charge in [-0.15, -0.1) is 21.5 Å². The van der Waals surface area contributed by atoms with Gasteiger partial charge in [0.2, 0.25) is 5.91 Å². The van der Waals surface area contributed by atoms with Gasteiger partial charge in [-0.1, -0.05) is 17.8 Å². The first-order valence-corrected chi connectivity index (χ1v) is 9.85. The third-order valence-electron chi connectivity index (χ3n) is 4.02. The van der Waals surface area contributed by atoms with Gasteiger partial charge in [-0.2, -0.15) is 0 Å². The van der Waals surface area contributed by atoms with Gasteiger partial charge in [-0.3, -0.25) is 9.36 Å². The highest BCUT2D eigenvalue weighted by Gasteiger charge is 2.32. The Balaban J connectivity index is 1.82. The zero-order valence-corrected chi connectivity index (χ0v) is 15.4. The molecule has 23 heavy (non-hydrogen) atoms. The van der Waals surface area contributed by atoms with E-state index in [0.717, 1.165) is 28.9 Å². The minimum atomic E-state index is -0.146. The third kappa shape index (κ3) is 3.45. The van der Waals surface area contributed by atoms with Crippen LogP contribution in [0, 0.1) is 0 Å². The Morgan fingerprint density at radius 1 is 1.43 bits per heavy atom. The molecule has 0 aliphatic heterocycles. The molecular weight excluding hydrogens is 328 g/mol. The number of aromatic nitrogens is 3. The maximum atomic E-state index is 12.5. The molecule has 1 aliphatic carbocycles. The second-order valence-electron chi connectivity index (χ2n) is 5.66. The standard InChI is InChI=1S/C16H22N4OS2/c1-4-19(5-2)15(21)11(3)23-16-18-17-14(13-7-6-10-22-13)20(16)12-8-9-12/h6-7,10-12H,4-5,8-9H2,1-3H3. The highest BCUT2D eigenvalue weighted by atomic mass is 32.2. The molecule has 1 atom stereocenters. The van der Waals surface area contributed by atoms with Crippen LogP contribution in [0.2, 0.25) is 0 Å². The molecule has 1 unspecified atom stereocenters. The minimum absolute atomic E-state index is 0.146. The van der Waals surface area contributed by atoms with Gasteiger partial charge in [0.05, 0.1) is 10.1 Å². The van der Waals surface area contributed by atoms with Gasteiger partial charge in [0, 0.05) is 19.1 Å². The van der Waals surface area contributed by atoms with Crippen molar-refractivity contribution in [2.24, 2.45) is 0 Å². The molecule has 0 N–H and O–H groups in total. The first kappa shape index (κ1) is 16.5. The molecule has 0 saturated heterocycles. The number of nitrogens with zero attached hydrogens (tertiary/aromatic N) is 4. The molecule has 2 heterocycles. The number of amides is 1. The van der Waals surface area contributed by atoms with Gasteiger partial charge in [0.1, 0.15) is 0 Å². The van der Waals surface area contributed by atoms with E-state index in [9.17, 15) is 4.79 Å². The van der Waals surface area contributed by atoms with Crippen molar-refractivity contribution < 1.29 is 4.79 Å². The predicted octanol–water partition coefficient (Wildman–Crippen LogP) is 3.69. The lowest BCUT2D eigenvalue weighted by atomic mass is 10.4. The summed E-state index contributed by atoms with van der Waals surface area (Å²) in [6.45, 7) is 7.48. The van der Waals surface area contributed by atoms with Gasteiger partial charge in [0.15, 0.2) is 11.0 Å². The van der Waals surface area contributed by atoms with E-state index >= 15 is 0 Å². The van der Waals surface area contributed by atoms with Crippen LogP contribution in [-0.2, 0) is 4.79 Å². The van der Waals surface area contributed by atoms with E-state index in [4.69, 9.17) is 0 Å². The van der Waals surface area contributed by atoms with Crippen molar-refractivity contribution in [3.05, 3.63) is 17.5 Å². The molecule has 1 saturated carbocycles. The van der Waals surface area contributed by atoms with Crippen molar-refractivity contribution >= 4 is 29.0 Å². The number of hydrogen-bond acceptors (Lipinski definition) is 5. The van der Waals surface area contributed by atoms with Crippen molar-refractivity contribution in [2.75, 3.05) is 13.1 Å². The molecule has 0 radical (unpaired) electrons.